The van der Waals surface area contributed by atoms with Crippen molar-refractivity contribution in [2.24, 2.45) is 0 Å². The second-order valence-corrected chi connectivity index (χ2v) is 4.92. The van der Waals surface area contributed by atoms with Gasteiger partial charge in [-0.05, 0) is 19.3 Å². The number of oxazole rings is 1. The highest BCUT2D eigenvalue weighted by Gasteiger charge is 2.27. The van der Waals surface area contributed by atoms with Gasteiger partial charge in [0.2, 0.25) is 5.89 Å². The van der Waals surface area contributed by atoms with E-state index in [1.54, 1.807) is 4.57 Å². The predicted molar refractivity (Wildman–Crippen MR) is 61.0 cm³/mol. The maximum atomic E-state index is 12.2. The normalized spacial score (nSPS) is 19.5. The third-order valence-corrected chi connectivity index (χ3v) is 3.85. The zero-order valence-electron chi connectivity index (χ0n) is 9.48. The number of aromatic nitrogens is 3. The minimum atomic E-state index is -0.0307. The van der Waals surface area contributed by atoms with E-state index in [9.17, 15) is 4.79 Å². The molecule has 5 heteroatoms. The van der Waals surface area contributed by atoms with Crippen molar-refractivity contribution in [3.63, 3.8) is 0 Å². The average Bonchev–Trinajstić information content (AvgIpc) is 2.82. The van der Waals surface area contributed by atoms with E-state index in [0.29, 0.717) is 23.0 Å². The van der Waals surface area contributed by atoms with E-state index >= 15 is 0 Å². The lowest BCUT2D eigenvalue weighted by molar-refractivity contribution is 0.342. The molecule has 1 saturated carbocycles. The third-order valence-electron chi connectivity index (χ3n) is 3.85. The SMILES string of the molecule is O=c1c2nc(C3CCC3)oc2nc2n1CCC2. The molecule has 17 heavy (non-hydrogen) atoms. The predicted octanol–water partition coefficient (Wildman–Crippen LogP) is 1.60. The zero-order valence-corrected chi connectivity index (χ0v) is 9.48. The van der Waals surface area contributed by atoms with Crippen LogP contribution in [0.25, 0.3) is 11.2 Å². The molecule has 1 aliphatic heterocycles. The summed E-state index contributed by atoms with van der Waals surface area (Å²) in [6, 6.07) is 0. The van der Waals surface area contributed by atoms with Gasteiger partial charge >= 0.3 is 0 Å². The molecule has 1 fully saturated rings. The Morgan fingerprint density at radius 2 is 2.12 bits per heavy atom. The van der Waals surface area contributed by atoms with Crippen LogP contribution in [0.1, 0.15) is 43.3 Å². The summed E-state index contributed by atoms with van der Waals surface area (Å²) in [5.74, 6) is 1.96. The first-order chi connectivity index (χ1) is 8.33. The van der Waals surface area contributed by atoms with Crippen LogP contribution in [0.4, 0.5) is 0 Å². The van der Waals surface area contributed by atoms with Crippen molar-refractivity contribution >= 4 is 11.2 Å². The number of aryl methyl sites for hydroxylation is 1. The van der Waals surface area contributed by atoms with Crippen LogP contribution in [0, 0.1) is 0 Å². The summed E-state index contributed by atoms with van der Waals surface area (Å²) in [7, 11) is 0. The fraction of sp³-hybridized carbons (Fsp3) is 0.583. The van der Waals surface area contributed by atoms with E-state index in [2.05, 4.69) is 9.97 Å². The zero-order chi connectivity index (χ0) is 11.4. The van der Waals surface area contributed by atoms with Crippen molar-refractivity contribution in [2.45, 2.75) is 44.6 Å². The van der Waals surface area contributed by atoms with Gasteiger partial charge in [-0.25, -0.2) is 4.98 Å². The van der Waals surface area contributed by atoms with E-state index in [-0.39, 0.29) is 5.56 Å². The molecule has 2 aromatic rings. The molecule has 0 radical (unpaired) electrons. The van der Waals surface area contributed by atoms with Gasteiger partial charge in [-0.1, -0.05) is 6.42 Å². The monoisotopic (exact) mass is 231 g/mol. The van der Waals surface area contributed by atoms with Gasteiger partial charge < -0.3 is 4.42 Å². The van der Waals surface area contributed by atoms with E-state index in [1.165, 1.54) is 6.42 Å². The Hall–Kier alpha value is -1.65. The molecule has 0 atom stereocenters. The fourth-order valence-corrected chi connectivity index (χ4v) is 2.61. The summed E-state index contributed by atoms with van der Waals surface area (Å²) >= 11 is 0. The third kappa shape index (κ3) is 1.22. The number of hydrogen-bond donors (Lipinski definition) is 0. The summed E-state index contributed by atoms with van der Waals surface area (Å²) < 4.78 is 7.37. The smallest absolute Gasteiger partial charge is 0.283 e. The van der Waals surface area contributed by atoms with Crippen LogP contribution in [-0.4, -0.2) is 14.5 Å². The number of rotatable bonds is 1. The van der Waals surface area contributed by atoms with Crippen LogP contribution in [0.15, 0.2) is 9.21 Å². The quantitative estimate of drug-likeness (QED) is 0.747. The standard InChI is InChI=1S/C12H13N3O2/c16-12-9-11(13-8-5-2-6-15(8)12)17-10(14-9)7-3-1-4-7/h7H,1-6H2. The Balaban J connectivity index is 1.95. The largest absolute Gasteiger partial charge is 0.422 e. The van der Waals surface area contributed by atoms with Crippen LogP contribution in [0.5, 0.6) is 0 Å². The molecule has 0 N–H and O–H groups in total. The van der Waals surface area contributed by atoms with Gasteiger partial charge in [0, 0.05) is 18.9 Å². The van der Waals surface area contributed by atoms with Crippen LogP contribution in [0.2, 0.25) is 0 Å². The van der Waals surface area contributed by atoms with E-state index in [4.69, 9.17) is 4.42 Å². The molecule has 3 heterocycles. The van der Waals surface area contributed by atoms with Gasteiger partial charge in [-0.15, -0.1) is 0 Å². The Bertz CT molecular complexity index is 652. The van der Waals surface area contributed by atoms with Crippen molar-refractivity contribution in [3.8, 4) is 0 Å². The molecule has 0 unspecified atom stereocenters. The highest BCUT2D eigenvalue weighted by atomic mass is 16.4. The highest BCUT2D eigenvalue weighted by Crippen LogP contribution is 2.36. The fourth-order valence-electron chi connectivity index (χ4n) is 2.61. The molecule has 0 amide bonds. The van der Waals surface area contributed by atoms with Crippen molar-refractivity contribution in [1.82, 2.24) is 14.5 Å². The first kappa shape index (κ1) is 9.39. The summed E-state index contributed by atoms with van der Waals surface area (Å²) in [5.41, 5.74) is 0.819. The van der Waals surface area contributed by atoms with Gasteiger partial charge in [0.05, 0.1) is 0 Å². The van der Waals surface area contributed by atoms with Crippen molar-refractivity contribution in [1.29, 1.82) is 0 Å². The minimum Gasteiger partial charge on any atom is -0.422 e. The van der Waals surface area contributed by atoms with Crippen LogP contribution in [-0.2, 0) is 13.0 Å². The molecule has 2 aliphatic rings. The topological polar surface area (TPSA) is 60.9 Å². The van der Waals surface area contributed by atoms with Gasteiger partial charge in [-0.2, -0.15) is 4.98 Å². The van der Waals surface area contributed by atoms with Gasteiger partial charge in [0.25, 0.3) is 11.3 Å². The van der Waals surface area contributed by atoms with E-state index in [0.717, 1.165) is 38.1 Å². The van der Waals surface area contributed by atoms with E-state index < -0.39 is 0 Å². The lowest BCUT2D eigenvalue weighted by Crippen LogP contribution is -2.20. The van der Waals surface area contributed by atoms with Gasteiger partial charge in [0.15, 0.2) is 5.52 Å². The molecule has 2 aromatic heterocycles. The Labute approximate surface area is 97.5 Å². The Morgan fingerprint density at radius 1 is 1.24 bits per heavy atom. The molecule has 0 saturated heterocycles. The van der Waals surface area contributed by atoms with Crippen molar-refractivity contribution in [3.05, 3.63) is 22.1 Å². The molecule has 4 rings (SSSR count). The molecule has 0 bridgehead atoms. The lowest BCUT2D eigenvalue weighted by atomic mass is 9.85. The molecular weight excluding hydrogens is 218 g/mol. The van der Waals surface area contributed by atoms with Crippen molar-refractivity contribution in [2.75, 3.05) is 0 Å². The second kappa shape index (κ2) is 3.18. The molecule has 0 spiro atoms. The molecule has 0 aromatic carbocycles. The Morgan fingerprint density at radius 3 is 2.88 bits per heavy atom. The van der Waals surface area contributed by atoms with Crippen LogP contribution < -0.4 is 5.56 Å². The maximum absolute atomic E-state index is 12.2. The summed E-state index contributed by atoms with van der Waals surface area (Å²) in [6.45, 7) is 0.767. The molecule has 88 valence electrons. The second-order valence-electron chi connectivity index (χ2n) is 4.92. The van der Waals surface area contributed by atoms with Gasteiger partial charge in [0.1, 0.15) is 5.82 Å². The first-order valence-corrected chi connectivity index (χ1v) is 6.23. The molecule has 5 nitrogen and oxygen atoms in total. The van der Waals surface area contributed by atoms with Crippen molar-refractivity contribution < 1.29 is 4.42 Å². The number of hydrogen-bond acceptors (Lipinski definition) is 4. The number of fused-ring (bicyclic) bond motifs is 2. The maximum Gasteiger partial charge on any atom is 0.283 e. The molecule has 1 aliphatic carbocycles. The lowest BCUT2D eigenvalue weighted by Gasteiger charge is -2.21. The Kier molecular flexibility index (Phi) is 1.76. The number of nitrogens with zero attached hydrogens (tertiary/aromatic N) is 3. The summed E-state index contributed by atoms with van der Waals surface area (Å²) in [4.78, 5) is 20.9. The van der Waals surface area contributed by atoms with E-state index in [1.807, 2.05) is 0 Å². The minimum absolute atomic E-state index is 0.0307. The van der Waals surface area contributed by atoms with Crippen LogP contribution >= 0.6 is 0 Å². The molecular formula is C12H13N3O2. The van der Waals surface area contributed by atoms with Gasteiger partial charge in [-0.3, -0.25) is 9.36 Å². The van der Waals surface area contributed by atoms with Crippen LogP contribution in [0.3, 0.4) is 0 Å². The first-order valence-electron chi connectivity index (χ1n) is 6.23. The summed E-state index contributed by atoms with van der Waals surface area (Å²) in [5, 5.41) is 0. The average molecular weight is 231 g/mol. The summed E-state index contributed by atoms with van der Waals surface area (Å²) in [6.07, 6.45) is 5.32. The highest BCUT2D eigenvalue weighted by molar-refractivity contribution is 5.66.